The molecule has 2 rings (SSSR count). The van der Waals surface area contributed by atoms with Crippen LogP contribution in [0.5, 0.6) is 5.75 Å². The first-order chi connectivity index (χ1) is 7.74. The molecule has 16 heavy (non-hydrogen) atoms. The molecule has 1 fully saturated rings. The second-order valence-electron chi connectivity index (χ2n) is 4.81. The lowest BCUT2D eigenvalue weighted by Crippen LogP contribution is -2.24. The van der Waals surface area contributed by atoms with E-state index in [9.17, 15) is 5.11 Å². The number of aliphatic hydroxyl groups excluding tert-OH is 1. The molecular formula is C14H20O2. The number of hydrogen-bond acceptors (Lipinski definition) is 2. The van der Waals surface area contributed by atoms with Gasteiger partial charge < -0.3 is 9.84 Å². The van der Waals surface area contributed by atoms with Gasteiger partial charge in [0.2, 0.25) is 0 Å². The number of benzene rings is 1. The molecule has 2 atom stereocenters. The minimum atomic E-state index is -0.111. The fourth-order valence-corrected chi connectivity index (χ4v) is 2.33. The molecule has 0 aliphatic heterocycles. The van der Waals surface area contributed by atoms with Gasteiger partial charge in [-0.05, 0) is 49.8 Å². The molecule has 1 N–H and O–H groups in total. The van der Waals surface area contributed by atoms with Gasteiger partial charge in [0.15, 0.2) is 0 Å². The first-order valence-corrected chi connectivity index (χ1v) is 6.11. The van der Waals surface area contributed by atoms with Crippen LogP contribution in [0, 0.1) is 12.8 Å². The van der Waals surface area contributed by atoms with Gasteiger partial charge in [0.05, 0.1) is 12.7 Å². The Labute approximate surface area is 97.3 Å². The van der Waals surface area contributed by atoms with Crippen LogP contribution in [0.1, 0.15) is 31.2 Å². The maximum atomic E-state index is 9.57. The molecule has 2 unspecified atom stereocenters. The van der Waals surface area contributed by atoms with Crippen LogP contribution in [0.2, 0.25) is 0 Å². The Hall–Kier alpha value is -1.02. The van der Waals surface area contributed by atoms with Crippen LogP contribution in [0.25, 0.3) is 0 Å². The Kier molecular flexibility index (Phi) is 3.83. The predicted octanol–water partition coefficient (Wildman–Crippen LogP) is 2.92. The van der Waals surface area contributed by atoms with Crippen LogP contribution in [-0.2, 0) is 0 Å². The van der Waals surface area contributed by atoms with E-state index in [2.05, 4.69) is 19.1 Å². The SMILES string of the molecule is Cc1cccc(OCC2CCCC(O)C2)c1. The molecule has 1 aromatic rings. The van der Waals surface area contributed by atoms with Crippen molar-refractivity contribution in [3.63, 3.8) is 0 Å². The number of aryl methyl sites for hydroxylation is 1. The molecule has 1 aromatic carbocycles. The molecule has 1 saturated carbocycles. The minimum Gasteiger partial charge on any atom is -0.493 e. The van der Waals surface area contributed by atoms with Crippen LogP contribution < -0.4 is 4.74 Å². The first kappa shape index (κ1) is 11.5. The van der Waals surface area contributed by atoms with Crippen molar-refractivity contribution in [2.45, 2.75) is 38.7 Å². The van der Waals surface area contributed by atoms with Crippen molar-refractivity contribution < 1.29 is 9.84 Å². The molecule has 1 aliphatic carbocycles. The highest BCUT2D eigenvalue weighted by Crippen LogP contribution is 2.25. The van der Waals surface area contributed by atoms with E-state index in [1.165, 1.54) is 12.0 Å². The van der Waals surface area contributed by atoms with Gasteiger partial charge >= 0.3 is 0 Å². The quantitative estimate of drug-likeness (QED) is 0.848. The Morgan fingerprint density at radius 1 is 1.38 bits per heavy atom. The maximum absolute atomic E-state index is 9.57. The summed E-state index contributed by atoms with van der Waals surface area (Å²) in [6, 6.07) is 8.13. The van der Waals surface area contributed by atoms with Crippen LogP contribution in [0.3, 0.4) is 0 Å². The zero-order valence-corrected chi connectivity index (χ0v) is 9.86. The highest BCUT2D eigenvalue weighted by Gasteiger charge is 2.20. The van der Waals surface area contributed by atoms with E-state index in [0.717, 1.165) is 31.6 Å². The summed E-state index contributed by atoms with van der Waals surface area (Å²) >= 11 is 0. The predicted molar refractivity (Wildman–Crippen MR) is 64.6 cm³/mol. The maximum Gasteiger partial charge on any atom is 0.119 e. The molecule has 0 bridgehead atoms. The topological polar surface area (TPSA) is 29.5 Å². The summed E-state index contributed by atoms with van der Waals surface area (Å²) in [6.07, 6.45) is 4.05. The number of aliphatic hydroxyl groups is 1. The van der Waals surface area contributed by atoms with E-state index < -0.39 is 0 Å². The highest BCUT2D eigenvalue weighted by atomic mass is 16.5. The molecule has 0 spiro atoms. The van der Waals surface area contributed by atoms with Gasteiger partial charge in [-0.2, -0.15) is 0 Å². The second kappa shape index (κ2) is 5.35. The number of hydrogen-bond donors (Lipinski definition) is 1. The van der Waals surface area contributed by atoms with Gasteiger partial charge in [-0.3, -0.25) is 0 Å². The summed E-state index contributed by atoms with van der Waals surface area (Å²) < 4.78 is 5.76. The van der Waals surface area contributed by atoms with Gasteiger partial charge in [-0.15, -0.1) is 0 Å². The summed E-state index contributed by atoms with van der Waals surface area (Å²) in [5.74, 6) is 1.46. The number of ether oxygens (including phenoxy) is 1. The zero-order chi connectivity index (χ0) is 11.4. The lowest BCUT2D eigenvalue weighted by molar-refractivity contribution is 0.0809. The minimum absolute atomic E-state index is 0.111. The van der Waals surface area contributed by atoms with Crippen molar-refractivity contribution in [3.8, 4) is 5.75 Å². The van der Waals surface area contributed by atoms with Crippen molar-refractivity contribution in [1.82, 2.24) is 0 Å². The van der Waals surface area contributed by atoms with Gasteiger partial charge in [-0.25, -0.2) is 0 Å². The lowest BCUT2D eigenvalue weighted by atomic mass is 9.88. The zero-order valence-electron chi connectivity index (χ0n) is 9.86. The van der Waals surface area contributed by atoms with E-state index >= 15 is 0 Å². The molecule has 0 radical (unpaired) electrons. The Bertz CT molecular complexity index is 335. The Morgan fingerprint density at radius 2 is 2.25 bits per heavy atom. The van der Waals surface area contributed by atoms with Crippen molar-refractivity contribution >= 4 is 0 Å². The standard InChI is InChI=1S/C14H20O2/c1-11-4-2-7-14(8-11)16-10-12-5-3-6-13(15)9-12/h2,4,7-8,12-13,15H,3,5-6,9-10H2,1H3. The van der Waals surface area contributed by atoms with E-state index in [0.29, 0.717) is 5.92 Å². The second-order valence-corrected chi connectivity index (χ2v) is 4.81. The van der Waals surface area contributed by atoms with E-state index in [4.69, 9.17) is 4.74 Å². The molecule has 0 saturated heterocycles. The lowest BCUT2D eigenvalue weighted by Gasteiger charge is -2.25. The van der Waals surface area contributed by atoms with E-state index in [1.54, 1.807) is 0 Å². The molecule has 2 heteroatoms. The van der Waals surface area contributed by atoms with E-state index in [1.807, 2.05) is 12.1 Å². The Morgan fingerprint density at radius 3 is 3.00 bits per heavy atom. The van der Waals surface area contributed by atoms with Crippen molar-refractivity contribution in [2.75, 3.05) is 6.61 Å². The largest absolute Gasteiger partial charge is 0.493 e. The molecule has 0 amide bonds. The van der Waals surface area contributed by atoms with Crippen LogP contribution in [0.4, 0.5) is 0 Å². The first-order valence-electron chi connectivity index (χ1n) is 6.11. The molecule has 88 valence electrons. The molecule has 0 heterocycles. The summed E-state index contributed by atoms with van der Waals surface area (Å²) in [5.41, 5.74) is 1.22. The molecular weight excluding hydrogens is 200 g/mol. The smallest absolute Gasteiger partial charge is 0.119 e. The molecule has 0 aromatic heterocycles. The van der Waals surface area contributed by atoms with Gasteiger partial charge in [0.1, 0.15) is 5.75 Å². The monoisotopic (exact) mass is 220 g/mol. The van der Waals surface area contributed by atoms with Gasteiger partial charge in [0, 0.05) is 0 Å². The summed E-state index contributed by atoms with van der Waals surface area (Å²) in [7, 11) is 0. The third kappa shape index (κ3) is 3.24. The third-order valence-corrected chi connectivity index (χ3v) is 3.23. The Balaban J connectivity index is 1.82. The highest BCUT2D eigenvalue weighted by molar-refractivity contribution is 5.27. The molecule has 1 aliphatic rings. The fourth-order valence-electron chi connectivity index (χ4n) is 2.33. The molecule has 2 nitrogen and oxygen atoms in total. The summed E-state index contributed by atoms with van der Waals surface area (Å²) in [6.45, 7) is 2.80. The van der Waals surface area contributed by atoms with Crippen molar-refractivity contribution in [1.29, 1.82) is 0 Å². The van der Waals surface area contributed by atoms with Crippen molar-refractivity contribution in [3.05, 3.63) is 29.8 Å². The van der Waals surface area contributed by atoms with Gasteiger partial charge in [-0.1, -0.05) is 18.6 Å². The van der Waals surface area contributed by atoms with Crippen LogP contribution in [-0.4, -0.2) is 17.8 Å². The van der Waals surface area contributed by atoms with Crippen LogP contribution in [0.15, 0.2) is 24.3 Å². The van der Waals surface area contributed by atoms with Crippen molar-refractivity contribution in [2.24, 2.45) is 5.92 Å². The third-order valence-electron chi connectivity index (χ3n) is 3.23. The van der Waals surface area contributed by atoms with Gasteiger partial charge in [0.25, 0.3) is 0 Å². The fraction of sp³-hybridized carbons (Fsp3) is 0.571. The van der Waals surface area contributed by atoms with E-state index in [-0.39, 0.29) is 6.10 Å². The summed E-state index contributed by atoms with van der Waals surface area (Å²) in [4.78, 5) is 0. The number of rotatable bonds is 3. The normalized spacial score (nSPS) is 25.4. The summed E-state index contributed by atoms with van der Waals surface area (Å²) in [5, 5.41) is 9.57. The van der Waals surface area contributed by atoms with Crippen LogP contribution >= 0.6 is 0 Å². The average molecular weight is 220 g/mol. The average Bonchev–Trinajstić information content (AvgIpc) is 2.27.